The van der Waals surface area contributed by atoms with E-state index >= 15 is 0 Å². The van der Waals surface area contributed by atoms with Crippen molar-refractivity contribution in [2.24, 2.45) is 0 Å². The van der Waals surface area contributed by atoms with Crippen LogP contribution in [-0.2, 0) is 11.2 Å². The lowest BCUT2D eigenvalue weighted by Gasteiger charge is -2.05. The van der Waals surface area contributed by atoms with Crippen LogP contribution in [0.5, 0.6) is 11.5 Å². The Bertz CT molecular complexity index is 804. The second-order valence-corrected chi connectivity index (χ2v) is 6.40. The molecule has 128 valence electrons. The fourth-order valence-corrected chi connectivity index (χ4v) is 3.53. The van der Waals surface area contributed by atoms with Gasteiger partial charge in [-0.3, -0.25) is 4.79 Å². The molecular weight excluding hydrogens is 338 g/mol. The third kappa shape index (κ3) is 3.80. The molecule has 5 nitrogen and oxygen atoms in total. The fourth-order valence-electron chi connectivity index (χ4n) is 2.45. The van der Waals surface area contributed by atoms with Crippen LogP contribution in [0.15, 0.2) is 48.5 Å². The molecule has 0 amide bonds. The Hall–Kier alpha value is -2.86. The van der Waals surface area contributed by atoms with Crippen LogP contribution >= 0.6 is 11.3 Å². The predicted octanol–water partition coefficient (Wildman–Crippen LogP) is 4.12. The van der Waals surface area contributed by atoms with Gasteiger partial charge in [0.2, 0.25) is 0 Å². The molecule has 2 aromatic carbocycles. The number of carboxylic acids is 1. The van der Waals surface area contributed by atoms with Crippen LogP contribution in [-0.4, -0.2) is 30.3 Å². The van der Waals surface area contributed by atoms with Crippen molar-refractivity contribution in [1.82, 2.24) is 4.98 Å². The number of carbonyl (C=O) groups is 1. The van der Waals surface area contributed by atoms with Crippen LogP contribution in [0.2, 0.25) is 0 Å². The summed E-state index contributed by atoms with van der Waals surface area (Å²) in [5.41, 5.74) is 2.66. The molecule has 0 saturated carbocycles. The van der Waals surface area contributed by atoms with Crippen LogP contribution in [0.25, 0.3) is 21.7 Å². The van der Waals surface area contributed by atoms with E-state index in [1.807, 2.05) is 48.5 Å². The summed E-state index contributed by atoms with van der Waals surface area (Å²) in [5.74, 6) is 0.636. The Kier molecular flexibility index (Phi) is 5.00. The van der Waals surface area contributed by atoms with Crippen LogP contribution in [0.3, 0.4) is 0 Å². The first kappa shape index (κ1) is 17.0. The van der Waals surface area contributed by atoms with Crippen molar-refractivity contribution in [3.8, 4) is 33.2 Å². The molecule has 0 unspecified atom stereocenters. The standard InChI is InChI=1S/C19H17NO4S/c1-23-14-7-3-12(4-8-14)18-19(25-16(20-18)11-17(21)22)13-5-9-15(24-2)10-6-13/h3-10H,11H2,1-2H3,(H,21,22). The monoisotopic (exact) mass is 355 g/mol. The Morgan fingerprint density at radius 1 is 0.960 bits per heavy atom. The summed E-state index contributed by atoms with van der Waals surface area (Å²) in [6, 6.07) is 15.2. The average molecular weight is 355 g/mol. The van der Waals surface area contributed by atoms with Gasteiger partial charge < -0.3 is 14.6 Å². The highest BCUT2D eigenvalue weighted by Gasteiger charge is 2.17. The van der Waals surface area contributed by atoms with E-state index in [0.29, 0.717) is 5.01 Å². The maximum atomic E-state index is 11.1. The van der Waals surface area contributed by atoms with Gasteiger partial charge >= 0.3 is 5.97 Å². The van der Waals surface area contributed by atoms with Crippen molar-refractivity contribution in [1.29, 1.82) is 0 Å². The number of hydrogen-bond acceptors (Lipinski definition) is 5. The largest absolute Gasteiger partial charge is 0.497 e. The number of thiazole rings is 1. The Morgan fingerprint density at radius 3 is 1.96 bits per heavy atom. The van der Waals surface area contributed by atoms with Gasteiger partial charge in [-0.15, -0.1) is 11.3 Å². The van der Waals surface area contributed by atoms with E-state index in [-0.39, 0.29) is 6.42 Å². The SMILES string of the molecule is COc1ccc(-c2nc(CC(=O)O)sc2-c2ccc(OC)cc2)cc1. The number of carboxylic acid groups (broad SMARTS) is 1. The predicted molar refractivity (Wildman–Crippen MR) is 97.4 cm³/mol. The quantitative estimate of drug-likeness (QED) is 0.720. The van der Waals surface area contributed by atoms with Crippen molar-refractivity contribution in [2.45, 2.75) is 6.42 Å². The van der Waals surface area contributed by atoms with Crippen molar-refractivity contribution in [3.63, 3.8) is 0 Å². The Labute approximate surface area is 149 Å². The Balaban J connectivity index is 2.07. The van der Waals surface area contributed by atoms with Crippen molar-refractivity contribution < 1.29 is 19.4 Å². The molecular formula is C19H17NO4S. The molecule has 25 heavy (non-hydrogen) atoms. The molecule has 0 spiro atoms. The molecule has 0 aliphatic carbocycles. The summed E-state index contributed by atoms with van der Waals surface area (Å²) in [7, 11) is 3.24. The lowest BCUT2D eigenvalue weighted by atomic mass is 10.1. The molecule has 6 heteroatoms. The van der Waals surface area contributed by atoms with Crippen LogP contribution in [0.4, 0.5) is 0 Å². The van der Waals surface area contributed by atoms with Gasteiger partial charge in [0.1, 0.15) is 16.5 Å². The zero-order chi connectivity index (χ0) is 17.8. The third-order valence-electron chi connectivity index (χ3n) is 3.69. The van der Waals surface area contributed by atoms with Gasteiger partial charge in [-0.1, -0.05) is 0 Å². The summed E-state index contributed by atoms with van der Waals surface area (Å²) in [5, 5.41) is 9.65. The third-order valence-corrected chi connectivity index (χ3v) is 4.79. The van der Waals surface area contributed by atoms with Crippen LogP contribution in [0.1, 0.15) is 5.01 Å². The minimum absolute atomic E-state index is 0.0933. The van der Waals surface area contributed by atoms with Crippen molar-refractivity contribution in [2.75, 3.05) is 14.2 Å². The second-order valence-electron chi connectivity index (χ2n) is 5.31. The van der Waals surface area contributed by atoms with Crippen LogP contribution < -0.4 is 9.47 Å². The fraction of sp³-hybridized carbons (Fsp3) is 0.158. The number of methoxy groups -OCH3 is 2. The number of benzene rings is 2. The first-order chi connectivity index (χ1) is 12.1. The van der Waals surface area contributed by atoms with E-state index in [0.717, 1.165) is 33.2 Å². The minimum Gasteiger partial charge on any atom is -0.497 e. The lowest BCUT2D eigenvalue weighted by molar-refractivity contribution is -0.136. The number of aliphatic carboxylic acids is 1. The molecule has 0 saturated heterocycles. The second kappa shape index (κ2) is 7.36. The van der Waals surface area contributed by atoms with E-state index in [1.165, 1.54) is 11.3 Å². The summed E-state index contributed by atoms with van der Waals surface area (Å²) < 4.78 is 10.4. The average Bonchev–Trinajstić information content (AvgIpc) is 3.05. The minimum atomic E-state index is -0.892. The zero-order valence-corrected chi connectivity index (χ0v) is 14.7. The topological polar surface area (TPSA) is 68.7 Å². The molecule has 3 aromatic rings. The highest BCUT2D eigenvalue weighted by Crippen LogP contribution is 2.38. The van der Waals surface area contributed by atoms with Gasteiger partial charge in [0, 0.05) is 5.56 Å². The number of ether oxygens (including phenoxy) is 2. The maximum absolute atomic E-state index is 11.1. The molecule has 1 N–H and O–H groups in total. The number of aromatic nitrogens is 1. The molecule has 3 rings (SSSR count). The molecule has 1 heterocycles. The van der Waals surface area contributed by atoms with Gasteiger partial charge in [0.15, 0.2) is 0 Å². The summed E-state index contributed by atoms with van der Waals surface area (Å²) in [4.78, 5) is 16.6. The molecule has 0 aliphatic heterocycles. The molecule has 0 radical (unpaired) electrons. The Morgan fingerprint density at radius 2 is 1.48 bits per heavy atom. The van der Waals surface area contributed by atoms with Gasteiger partial charge in [-0.2, -0.15) is 0 Å². The van der Waals surface area contributed by atoms with E-state index in [9.17, 15) is 4.79 Å². The van der Waals surface area contributed by atoms with Gasteiger partial charge in [-0.25, -0.2) is 4.98 Å². The lowest BCUT2D eigenvalue weighted by Crippen LogP contribution is -1.99. The highest BCUT2D eigenvalue weighted by atomic mass is 32.1. The van der Waals surface area contributed by atoms with E-state index in [4.69, 9.17) is 14.6 Å². The van der Waals surface area contributed by atoms with Gasteiger partial charge in [0.25, 0.3) is 0 Å². The van der Waals surface area contributed by atoms with Crippen molar-refractivity contribution >= 4 is 17.3 Å². The van der Waals surface area contributed by atoms with E-state index < -0.39 is 5.97 Å². The zero-order valence-electron chi connectivity index (χ0n) is 13.9. The number of nitrogens with zero attached hydrogens (tertiary/aromatic N) is 1. The molecule has 0 fully saturated rings. The first-order valence-corrected chi connectivity index (χ1v) is 8.42. The van der Waals surface area contributed by atoms with Crippen molar-refractivity contribution in [3.05, 3.63) is 53.5 Å². The van der Waals surface area contributed by atoms with Crippen LogP contribution in [0, 0.1) is 0 Å². The highest BCUT2D eigenvalue weighted by molar-refractivity contribution is 7.15. The van der Waals surface area contributed by atoms with Gasteiger partial charge in [-0.05, 0) is 54.1 Å². The summed E-state index contributed by atoms with van der Waals surface area (Å²) in [6.45, 7) is 0. The summed E-state index contributed by atoms with van der Waals surface area (Å²) >= 11 is 1.40. The normalized spacial score (nSPS) is 10.5. The molecule has 1 aromatic heterocycles. The molecule has 0 bridgehead atoms. The van der Waals surface area contributed by atoms with E-state index in [1.54, 1.807) is 14.2 Å². The molecule has 0 atom stereocenters. The maximum Gasteiger partial charge on any atom is 0.310 e. The number of hydrogen-bond donors (Lipinski definition) is 1. The first-order valence-electron chi connectivity index (χ1n) is 7.61. The van der Waals surface area contributed by atoms with E-state index in [2.05, 4.69) is 4.98 Å². The molecule has 0 aliphatic rings. The summed E-state index contributed by atoms with van der Waals surface area (Å²) in [6.07, 6.45) is -0.0933. The smallest absolute Gasteiger partial charge is 0.310 e. The number of rotatable bonds is 6. The van der Waals surface area contributed by atoms with Gasteiger partial charge in [0.05, 0.1) is 31.2 Å².